The quantitative estimate of drug-likeness (QED) is 0.828. The highest BCUT2D eigenvalue weighted by molar-refractivity contribution is 6.30. The molecule has 4 nitrogen and oxygen atoms in total. The van der Waals surface area contributed by atoms with E-state index in [0.29, 0.717) is 10.6 Å². The SMILES string of the molecule is C[C@H](C(=O)Nc1ccc(Cl)cc1)C12CC(NC(=O)c3ccccc3)(C1)C2. The van der Waals surface area contributed by atoms with E-state index in [0.717, 1.165) is 24.9 Å². The summed E-state index contributed by atoms with van der Waals surface area (Å²) >= 11 is 5.88. The lowest BCUT2D eigenvalue weighted by molar-refractivity contribution is -0.184. The second kappa shape index (κ2) is 6.13. The first-order valence-electron chi connectivity index (χ1n) is 8.86. The van der Waals surface area contributed by atoms with Gasteiger partial charge in [0.15, 0.2) is 0 Å². The first kappa shape index (κ1) is 17.1. The first-order valence-corrected chi connectivity index (χ1v) is 9.23. The number of hydrogen-bond donors (Lipinski definition) is 2. The minimum absolute atomic E-state index is 0.0144. The van der Waals surface area contributed by atoms with Crippen molar-refractivity contribution in [2.45, 2.75) is 31.7 Å². The number of benzene rings is 2. The standard InChI is InChI=1S/C21H21ClN2O2/c1-14(18(25)23-17-9-7-16(22)8-10-17)20-11-21(12-20,13-20)24-19(26)15-5-3-2-4-6-15/h2-10,14H,11-13H2,1H3,(H,23,25)(H,24,26)/t14-,20?,21?/m1/s1. The smallest absolute Gasteiger partial charge is 0.251 e. The van der Waals surface area contributed by atoms with Crippen molar-refractivity contribution in [3.63, 3.8) is 0 Å². The van der Waals surface area contributed by atoms with E-state index in [2.05, 4.69) is 10.6 Å². The van der Waals surface area contributed by atoms with Gasteiger partial charge in [0.2, 0.25) is 5.91 Å². The maximum Gasteiger partial charge on any atom is 0.251 e. The summed E-state index contributed by atoms with van der Waals surface area (Å²) in [5.74, 6) is -0.0964. The van der Waals surface area contributed by atoms with Crippen molar-refractivity contribution in [1.82, 2.24) is 5.32 Å². The van der Waals surface area contributed by atoms with Gasteiger partial charge in [-0.05, 0) is 61.1 Å². The van der Waals surface area contributed by atoms with Crippen LogP contribution in [0.15, 0.2) is 54.6 Å². The maximum atomic E-state index is 12.6. The van der Waals surface area contributed by atoms with Crippen LogP contribution < -0.4 is 10.6 Å². The highest BCUT2D eigenvalue weighted by Crippen LogP contribution is 2.70. The number of rotatable bonds is 5. The average molecular weight is 369 g/mol. The molecule has 5 rings (SSSR count). The normalized spacial score (nSPS) is 26.8. The Balaban J connectivity index is 1.33. The van der Waals surface area contributed by atoms with Crippen molar-refractivity contribution in [3.05, 3.63) is 65.2 Å². The van der Waals surface area contributed by atoms with Crippen molar-refractivity contribution in [2.24, 2.45) is 11.3 Å². The summed E-state index contributed by atoms with van der Waals surface area (Å²) in [5.41, 5.74) is 1.33. The molecule has 0 aliphatic heterocycles. The molecule has 1 atom stereocenters. The van der Waals surface area contributed by atoms with Crippen molar-refractivity contribution < 1.29 is 9.59 Å². The molecule has 2 bridgehead atoms. The predicted molar refractivity (Wildman–Crippen MR) is 102 cm³/mol. The summed E-state index contributed by atoms with van der Waals surface area (Å²) in [6, 6.07) is 16.4. The molecule has 0 spiro atoms. The number of carbonyl (C=O) groups is 2. The van der Waals surface area contributed by atoms with Gasteiger partial charge in [-0.15, -0.1) is 0 Å². The summed E-state index contributed by atoms with van der Waals surface area (Å²) in [6.45, 7) is 1.98. The molecule has 3 aliphatic rings. The van der Waals surface area contributed by atoms with Crippen LogP contribution in [0, 0.1) is 11.3 Å². The Bertz CT molecular complexity index is 828. The van der Waals surface area contributed by atoms with Gasteiger partial charge in [-0.1, -0.05) is 36.7 Å². The van der Waals surface area contributed by atoms with Crippen LogP contribution in [0.25, 0.3) is 0 Å². The molecule has 0 unspecified atom stereocenters. The van der Waals surface area contributed by atoms with Gasteiger partial charge in [-0.3, -0.25) is 9.59 Å². The molecule has 0 saturated heterocycles. The molecule has 2 aromatic carbocycles. The molecule has 0 aromatic heterocycles. The van der Waals surface area contributed by atoms with Gasteiger partial charge < -0.3 is 10.6 Å². The minimum Gasteiger partial charge on any atom is -0.347 e. The Labute approximate surface area is 157 Å². The number of nitrogens with one attached hydrogen (secondary N) is 2. The Morgan fingerprint density at radius 1 is 1.00 bits per heavy atom. The Morgan fingerprint density at radius 2 is 1.62 bits per heavy atom. The van der Waals surface area contributed by atoms with E-state index in [1.54, 1.807) is 24.3 Å². The van der Waals surface area contributed by atoms with Gasteiger partial charge in [-0.2, -0.15) is 0 Å². The number of amides is 2. The number of carbonyl (C=O) groups excluding carboxylic acids is 2. The van der Waals surface area contributed by atoms with Crippen LogP contribution in [-0.2, 0) is 4.79 Å². The fraction of sp³-hybridized carbons (Fsp3) is 0.333. The van der Waals surface area contributed by atoms with Gasteiger partial charge in [0.25, 0.3) is 5.91 Å². The number of hydrogen-bond acceptors (Lipinski definition) is 2. The monoisotopic (exact) mass is 368 g/mol. The molecule has 0 radical (unpaired) electrons. The molecule has 2 amide bonds. The third-order valence-corrected chi connectivity index (χ3v) is 6.16. The van der Waals surface area contributed by atoms with E-state index in [1.165, 1.54) is 0 Å². The van der Waals surface area contributed by atoms with Gasteiger partial charge in [0, 0.05) is 27.7 Å². The molecule has 2 N–H and O–H groups in total. The minimum atomic E-state index is -0.123. The predicted octanol–water partition coefficient (Wildman–Crippen LogP) is 4.27. The Kier molecular flexibility index (Phi) is 4.03. The van der Waals surface area contributed by atoms with Crippen LogP contribution in [-0.4, -0.2) is 17.4 Å². The Morgan fingerprint density at radius 3 is 2.23 bits per heavy atom. The zero-order valence-corrected chi connectivity index (χ0v) is 15.3. The van der Waals surface area contributed by atoms with Gasteiger partial charge in [-0.25, -0.2) is 0 Å². The van der Waals surface area contributed by atoms with Crippen molar-refractivity contribution in [1.29, 1.82) is 0 Å². The van der Waals surface area contributed by atoms with Gasteiger partial charge in [0.05, 0.1) is 0 Å². The van der Waals surface area contributed by atoms with Crippen molar-refractivity contribution in [3.8, 4) is 0 Å². The largest absolute Gasteiger partial charge is 0.347 e. The molecular formula is C21H21ClN2O2. The number of anilines is 1. The summed E-state index contributed by atoms with van der Waals surface area (Å²) in [4.78, 5) is 24.9. The van der Waals surface area contributed by atoms with E-state index in [-0.39, 0.29) is 28.7 Å². The lowest BCUT2D eigenvalue weighted by atomic mass is 9.36. The topological polar surface area (TPSA) is 58.2 Å². The fourth-order valence-corrected chi connectivity index (χ4v) is 4.55. The molecule has 2 aromatic rings. The van der Waals surface area contributed by atoms with Gasteiger partial charge in [0.1, 0.15) is 0 Å². The molecule has 3 aliphatic carbocycles. The third-order valence-electron chi connectivity index (χ3n) is 5.91. The zero-order chi connectivity index (χ0) is 18.4. The molecule has 0 heterocycles. The second-order valence-corrected chi connectivity index (χ2v) is 8.15. The molecule has 3 saturated carbocycles. The van der Waals surface area contributed by atoms with Crippen molar-refractivity contribution in [2.75, 3.05) is 5.32 Å². The first-order chi connectivity index (χ1) is 12.4. The van der Waals surface area contributed by atoms with Crippen LogP contribution in [0.5, 0.6) is 0 Å². The third kappa shape index (κ3) is 2.88. The maximum absolute atomic E-state index is 12.6. The van der Waals surface area contributed by atoms with Crippen LogP contribution >= 0.6 is 11.6 Å². The molecule has 5 heteroatoms. The second-order valence-electron chi connectivity index (χ2n) is 7.71. The summed E-state index contributed by atoms with van der Waals surface area (Å²) < 4.78 is 0. The summed E-state index contributed by atoms with van der Waals surface area (Å²) in [6.07, 6.45) is 2.61. The lowest BCUT2D eigenvalue weighted by Gasteiger charge is -2.72. The average Bonchev–Trinajstić information content (AvgIpc) is 2.58. The molecule has 26 heavy (non-hydrogen) atoms. The highest BCUT2D eigenvalue weighted by atomic mass is 35.5. The van der Waals surface area contributed by atoms with E-state index in [1.807, 2.05) is 37.3 Å². The van der Waals surface area contributed by atoms with E-state index in [4.69, 9.17) is 11.6 Å². The summed E-state index contributed by atoms with van der Waals surface area (Å²) in [5, 5.41) is 6.77. The Hall–Kier alpha value is -2.33. The number of halogens is 1. The summed E-state index contributed by atoms with van der Waals surface area (Å²) in [7, 11) is 0. The van der Waals surface area contributed by atoms with Crippen LogP contribution in [0.2, 0.25) is 5.02 Å². The van der Waals surface area contributed by atoms with Crippen LogP contribution in [0.3, 0.4) is 0 Å². The fourth-order valence-electron chi connectivity index (χ4n) is 4.42. The van der Waals surface area contributed by atoms with Crippen LogP contribution in [0.4, 0.5) is 5.69 Å². The highest BCUT2D eigenvalue weighted by Gasteiger charge is 2.71. The van der Waals surface area contributed by atoms with Crippen LogP contribution in [0.1, 0.15) is 36.5 Å². The van der Waals surface area contributed by atoms with E-state index >= 15 is 0 Å². The molecular weight excluding hydrogens is 348 g/mol. The molecule has 3 fully saturated rings. The van der Waals surface area contributed by atoms with E-state index in [9.17, 15) is 9.59 Å². The lowest BCUT2D eigenvalue weighted by Crippen LogP contribution is -2.77. The van der Waals surface area contributed by atoms with Crippen molar-refractivity contribution >= 4 is 29.1 Å². The molecule has 134 valence electrons. The van der Waals surface area contributed by atoms with E-state index < -0.39 is 0 Å². The van der Waals surface area contributed by atoms with Gasteiger partial charge >= 0.3 is 0 Å². The zero-order valence-electron chi connectivity index (χ0n) is 14.6.